The SMILES string of the molecule is OCC1OC(n2c(SCc3ccc(Cl)c(Cl)c3)nc3cc(Cl)c(Cl)cc32)C(O)C1O. The number of ether oxygens (including phenoxy) is 1. The number of imidazole rings is 1. The maximum absolute atomic E-state index is 10.6. The summed E-state index contributed by atoms with van der Waals surface area (Å²) in [5.41, 5.74) is 2.06. The van der Waals surface area contributed by atoms with Gasteiger partial charge in [-0.05, 0) is 29.8 Å². The normalized spacial score (nSPS) is 24.1. The maximum atomic E-state index is 10.6. The molecular formula is C19H16Cl4N2O4S. The van der Waals surface area contributed by atoms with Gasteiger partial charge in [-0.25, -0.2) is 4.98 Å². The molecule has 2 aromatic carbocycles. The van der Waals surface area contributed by atoms with E-state index in [1.54, 1.807) is 28.8 Å². The Kier molecular flexibility index (Phi) is 6.75. The first-order chi connectivity index (χ1) is 14.3. The molecule has 0 radical (unpaired) electrons. The largest absolute Gasteiger partial charge is 0.394 e. The van der Waals surface area contributed by atoms with Crippen LogP contribution in [0.4, 0.5) is 0 Å². The summed E-state index contributed by atoms with van der Waals surface area (Å²) in [5.74, 6) is 0.510. The molecule has 30 heavy (non-hydrogen) atoms. The van der Waals surface area contributed by atoms with Gasteiger partial charge in [0.1, 0.15) is 18.3 Å². The average molecular weight is 510 g/mol. The molecule has 1 saturated heterocycles. The van der Waals surface area contributed by atoms with E-state index < -0.39 is 31.1 Å². The smallest absolute Gasteiger partial charge is 0.171 e. The summed E-state index contributed by atoms with van der Waals surface area (Å²) in [5, 5.41) is 32.3. The number of aliphatic hydroxyl groups is 3. The van der Waals surface area contributed by atoms with Crippen LogP contribution in [0.3, 0.4) is 0 Å². The summed E-state index contributed by atoms with van der Waals surface area (Å²) in [6.07, 6.45) is -4.39. The Bertz CT molecular complexity index is 1100. The van der Waals surface area contributed by atoms with E-state index in [4.69, 9.17) is 51.1 Å². The van der Waals surface area contributed by atoms with Gasteiger partial charge in [0.05, 0.1) is 37.7 Å². The molecule has 0 amide bonds. The monoisotopic (exact) mass is 508 g/mol. The van der Waals surface area contributed by atoms with Gasteiger partial charge < -0.3 is 20.1 Å². The van der Waals surface area contributed by atoms with Crippen LogP contribution in [0.5, 0.6) is 0 Å². The number of aliphatic hydroxyl groups excluding tert-OH is 3. The van der Waals surface area contributed by atoms with E-state index >= 15 is 0 Å². The molecule has 1 aromatic heterocycles. The lowest BCUT2D eigenvalue weighted by Crippen LogP contribution is -2.33. The highest BCUT2D eigenvalue weighted by atomic mass is 35.5. The fourth-order valence-electron chi connectivity index (χ4n) is 3.29. The summed E-state index contributed by atoms with van der Waals surface area (Å²) < 4.78 is 7.39. The predicted molar refractivity (Wildman–Crippen MR) is 119 cm³/mol. The zero-order valence-corrected chi connectivity index (χ0v) is 19.0. The number of benzene rings is 2. The molecule has 6 nitrogen and oxygen atoms in total. The Labute approximate surface area is 196 Å². The minimum atomic E-state index is -1.27. The third kappa shape index (κ3) is 4.16. The Morgan fingerprint density at radius 1 is 0.967 bits per heavy atom. The van der Waals surface area contributed by atoms with Crippen molar-refractivity contribution in [3.8, 4) is 0 Å². The van der Waals surface area contributed by atoms with Crippen LogP contribution in [0.25, 0.3) is 11.0 Å². The van der Waals surface area contributed by atoms with Crippen molar-refractivity contribution in [3.05, 3.63) is 56.0 Å². The molecule has 0 spiro atoms. The third-order valence-electron chi connectivity index (χ3n) is 4.82. The lowest BCUT2D eigenvalue weighted by Gasteiger charge is -2.20. The third-order valence-corrected chi connectivity index (χ3v) is 7.31. The van der Waals surface area contributed by atoms with Gasteiger partial charge in [0.2, 0.25) is 0 Å². The predicted octanol–water partition coefficient (Wildman–Crippen LogP) is 4.55. The molecule has 1 aliphatic rings. The summed E-state index contributed by atoms with van der Waals surface area (Å²) in [7, 11) is 0. The standard InChI is InChI=1S/C19H16Cl4N2O4S/c20-9-2-1-8(3-10(9)21)7-30-19-24-13-4-11(22)12(23)5-14(13)25(19)18-17(28)16(27)15(6-26)29-18/h1-5,15-18,26-28H,6-7H2. The molecule has 11 heteroatoms. The molecule has 0 saturated carbocycles. The number of thioether (sulfide) groups is 1. The van der Waals surface area contributed by atoms with E-state index in [0.29, 0.717) is 42.0 Å². The Morgan fingerprint density at radius 2 is 1.67 bits per heavy atom. The van der Waals surface area contributed by atoms with E-state index in [9.17, 15) is 15.3 Å². The molecule has 3 N–H and O–H groups in total. The number of aromatic nitrogens is 2. The first-order valence-electron chi connectivity index (χ1n) is 8.86. The zero-order valence-electron chi connectivity index (χ0n) is 15.2. The summed E-state index contributed by atoms with van der Waals surface area (Å²) in [6.45, 7) is -0.431. The van der Waals surface area contributed by atoms with Crippen molar-refractivity contribution in [1.82, 2.24) is 9.55 Å². The number of fused-ring (bicyclic) bond motifs is 1. The van der Waals surface area contributed by atoms with Crippen molar-refractivity contribution in [2.45, 2.75) is 35.4 Å². The van der Waals surface area contributed by atoms with E-state index in [1.165, 1.54) is 11.8 Å². The van der Waals surface area contributed by atoms with Gasteiger partial charge in [0.15, 0.2) is 11.4 Å². The maximum Gasteiger partial charge on any atom is 0.171 e. The van der Waals surface area contributed by atoms with E-state index in [0.717, 1.165) is 5.56 Å². The molecule has 0 bridgehead atoms. The molecule has 2 heterocycles. The first-order valence-corrected chi connectivity index (χ1v) is 11.4. The van der Waals surface area contributed by atoms with Crippen LogP contribution in [0, 0.1) is 0 Å². The number of rotatable bonds is 5. The molecule has 1 aliphatic heterocycles. The Hall–Kier alpha value is -0.740. The lowest BCUT2D eigenvalue weighted by molar-refractivity contribution is -0.0546. The molecular weight excluding hydrogens is 494 g/mol. The lowest BCUT2D eigenvalue weighted by atomic mass is 10.1. The van der Waals surface area contributed by atoms with Crippen molar-refractivity contribution in [1.29, 1.82) is 0 Å². The highest BCUT2D eigenvalue weighted by Gasteiger charge is 2.44. The zero-order chi connectivity index (χ0) is 21.6. The van der Waals surface area contributed by atoms with Gasteiger partial charge in [-0.3, -0.25) is 4.57 Å². The molecule has 4 unspecified atom stereocenters. The molecule has 160 valence electrons. The molecule has 4 atom stereocenters. The van der Waals surface area contributed by atoms with Gasteiger partial charge >= 0.3 is 0 Å². The number of nitrogens with zero attached hydrogens (tertiary/aromatic N) is 2. The Balaban J connectivity index is 1.74. The fourth-order valence-corrected chi connectivity index (χ4v) is 4.90. The second-order valence-corrected chi connectivity index (χ2v) is 9.36. The van der Waals surface area contributed by atoms with Crippen molar-refractivity contribution in [3.63, 3.8) is 0 Å². The second-order valence-electron chi connectivity index (χ2n) is 6.79. The number of hydrogen-bond acceptors (Lipinski definition) is 6. The molecule has 4 rings (SSSR count). The number of halogens is 4. The topological polar surface area (TPSA) is 87.7 Å². The average Bonchev–Trinajstić information content (AvgIpc) is 3.20. The molecule has 1 fully saturated rings. The minimum Gasteiger partial charge on any atom is -0.394 e. The van der Waals surface area contributed by atoms with Gasteiger partial charge in [0.25, 0.3) is 0 Å². The van der Waals surface area contributed by atoms with Gasteiger partial charge in [-0.15, -0.1) is 0 Å². The molecule has 0 aliphatic carbocycles. The quantitative estimate of drug-likeness (QED) is 0.437. The van der Waals surface area contributed by atoms with Crippen molar-refractivity contribution in [2.75, 3.05) is 6.61 Å². The van der Waals surface area contributed by atoms with Gasteiger partial charge in [-0.2, -0.15) is 0 Å². The number of hydrogen-bond donors (Lipinski definition) is 3. The fraction of sp³-hybridized carbons (Fsp3) is 0.316. The van der Waals surface area contributed by atoms with Crippen LogP contribution in [-0.4, -0.2) is 49.8 Å². The van der Waals surface area contributed by atoms with Crippen molar-refractivity contribution >= 4 is 69.2 Å². The van der Waals surface area contributed by atoms with Crippen LogP contribution < -0.4 is 0 Å². The van der Waals surface area contributed by atoms with Gasteiger partial charge in [0, 0.05) is 5.75 Å². The summed E-state index contributed by atoms with van der Waals surface area (Å²) in [4.78, 5) is 4.61. The summed E-state index contributed by atoms with van der Waals surface area (Å²) in [6, 6.07) is 8.59. The van der Waals surface area contributed by atoms with E-state index in [2.05, 4.69) is 4.98 Å². The first kappa shape index (κ1) is 22.5. The van der Waals surface area contributed by atoms with Crippen LogP contribution in [0.1, 0.15) is 11.8 Å². The van der Waals surface area contributed by atoms with Crippen LogP contribution in [0.15, 0.2) is 35.5 Å². The van der Waals surface area contributed by atoms with E-state index in [1.807, 2.05) is 6.07 Å². The van der Waals surface area contributed by atoms with Crippen LogP contribution in [-0.2, 0) is 10.5 Å². The van der Waals surface area contributed by atoms with E-state index in [-0.39, 0.29) is 0 Å². The minimum absolute atomic E-state index is 0.318. The molecule has 3 aromatic rings. The van der Waals surface area contributed by atoms with Crippen LogP contribution in [0.2, 0.25) is 20.1 Å². The highest BCUT2D eigenvalue weighted by Crippen LogP contribution is 2.39. The Morgan fingerprint density at radius 3 is 2.33 bits per heavy atom. The second kappa shape index (κ2) is 9.02. The summed E-state index contributed by atoms with van der Waals surface area (Å²) >= 11 is 25.8. The van der Waals surface area contributed by atoms with Gasteiger partial charge in [-0.1, -0.05) is 64.2 Å². The van der Waals surface area contributed by atoms with Crippen molar-refractivity contribution < 1.29 is 20.1 Å². The highest BCUT2D eigenvalue weighted by molar-refractivity contribution is 7.98. The van der Waals surface area contributed by atoms with Crippen LogP contribution >= 0.6 is 58.2 Å². The van der Waals surface area contributed by atoms with Crippen molar-refractivity contribution in [2.24, 2.45) is 0 Å².